The van der Waals surface area contributed by atoms with Crippen LogP contribution in [0.3, 0.4) is 0 Å². The van der Waals surface area contributed by atoms with E-state index < -0.39 is 10.0 Å². The highest BCUT2D eigenvalue weighted by atomic mass is 32.2. The van der Waals surface area contributed by atoms with Gasteiger partial charge in [-0.05, 0) is 45.2 Å². The van der Waals surface area contributed by atoms with Crippen LogP contribution in [0.15, 0.2) is 0 Å². The molecule has 2 fully saturated rings. The molecule has 2 saturated heterocycles. The maximum Gasteiger partial charge on any atom is 0.214 e. The van der Waals surface area contributed by atoms with Crippen molar-refractivity contribution in [2.75, 3.05) is 31.9 Å². The molecule has 2 aliphatic heterocycles. The zero-order valence-corrected chi connectivity index (χ0v) is 16.3. The molecule has 0 aliphatic carbocycles. The van der Waals surface area contributed by atoms with E-state index in [-0.39, 0.29) is 5.75 Å². The molecule has 2 aliphatic rings. The van der Waals surface area contributed by atoms with Gasteiger partial charge in [-0.25, -0.2) is 12.7 Å². The lowest BCUT2D eigenvalue weighted by molar-refractivity contribution is 0.213. The Labute approximate surface area is 151 Å². The van der Waals surface area contributed by atoms with Crippen LogP contribution in [0.4, 0.5) is 0 Å². The first kappa shape index (κ1) is 18.8. The number of nitrogens with zero attached hydrogens (tertiary/aromatic N) is 5. The van der Waals surface area contributed by atoms with Crippen LogP contribution in [0.5, 0.6) is 0 Å². The zero-order chi connectivity index (χ0) is 17.9. The molecule has 0 atom stereocenters. The van der Waals surface area contributed by atoms with Gasteiger partial charge in [-0.3, -0.25) is 4.90 Å². The van der Waals surface area contributed by atoms with Crippen LogP contribution in [0.2, 0.25) is 0 Å². The van der Waals surface area contributed by atoms with Crippen molar-refractivity contribution in [1.29, 1.82) is 0 Å². The van der Waals surface area contributed by atoms with Crippen molar-refractivity contribution in [2.24, 2.45) is 7.05 Å². The highest BCUT2D eigenvalue weighted by Gasteiger charge is 2.30. The molecule has 8 heteroatoms. The first-order chi connectivity index (χ1) is 12.0. The molecular formula is C17H31N5O2S. The third kappa shape index (κ3) is 4.41. The zero-order valence-electron chi connectivity index (χ0n) is 15.5. The van der Waals surface area contributed by atoms with E-state index in [4.69, 9.17) is 0 Å². The van der Waals surface area contributed by atoms with Gasteiger partial charge in [0, 0.05) is 26.1 Å². The Kier molecular flexibility index (Phi) is 6.12. The van der Waals surface area contributed by atoms with E-state index in [0.29, 0.717) is 25.4 Å². The number of aromatic nitrogens is 3. The first-order valence-electron chi connectivity index (χ1n) is 9.59. The molecule has 25 heavy (non-hydrogen) atoms. The lowest BCUT2D eigenvalue weighted by Gasteiger charge is -2.30. The van der Waals surface area contributed by atoms with Gasteiger partial charge in [0.2, 0.25) is 10.0 Å². The lowest BCUT2D eigenvalue weighted by Crippen LogP contribution is -2.39. The Morgan fingerprint density at radius 3 is 2.36 bits per heavy atom. The van der Waals surface area contributed by atoms with Crippen molar-refractivity contribution in [3.8, 4) is 0 Å². The smallest absolute Gasteiger partial charge is 0.214 e. The number of hydrogen-bond donors (Lipinski definition) is 0. The van der Waals surface area contributed by atoms with Crippen LogP contribution in [0.25, 0.3) is 0 Å². The summed E-state index contributed by atoms with van der Waals surface area (Å²) in [4.78, 5) is 2.46. The van der Waals surface area contributed by atoms with E-state index in [2.05, 4.69) is 26.7 Å². The van der Waals surface area contributed by atoms with E-state index in [9.17, 15) is 8.42 Å². The Morgan fingerprint density at radius 1 is 1.04 bits per heavy atom. The van der Waals surface area contributed by atoms with Gasteiger partial charge in [0.1, 0.15) is 11.6 Å². The summed E-state index contributed by atoms with van der Waals surface area (Å²) in [6.45, 7) is 6.27. The van der Waals surface area contributed by atoms with Gasteiger partial charge < -0.3 is 4.57 Å². The average molecular weight is 370 g/mol. The quantitative estimate of drug-likeness (QED) is 0.763. The summed E-state index contributed by atoms with van der Waals surface area (Å²) in [6, 6.07) is 0. The summed E-state index contributed by atoms with van der Waals surface area (Å²) in [5, 5.41) is 8.87. The molecule has 0 unspecified atom stereocenters. The lowest BCUT2D eigenvalue weighted by atomic mass is 9.97. The van der Waals surface area contributed by atoms with Gasteiger partial charge in [0.05, 0.1) is 12.3 Å². The summed E-state index contributed by atoms with van der Waals surface area (Å²) in [7, 11) is -1.03. The van der Waals surface area contributed by atoms with E-state index in [1.807, 2.05) is 6.92 Å². The van der Waals surface area contributed by atoms with Gasteiger partial charge in [0.15, 0.2) is 0 Å². The van der Waals surface area contributed by atoms with Gasteiger partial charge in [-0.2, -0.15) is 0 Å². The number of hydrogen-bond acceptors (Lipinski definition) is 5. The van der Waals surface area contributed by atoms with Crippen LogP contribution in [0.1, 0.15) is 63.0 Å². The first-order valence-corrected chi connectivity index (χ1v) is 11.2. The highest BCUT2D eigenvalue weighted by molar-refractivity contribution is 7.89. The molecule has 0 amide bonds. The van der Waals surface area contributed by atoms with Crippen LogP contribution in [-0.4, -0.2) is 64.3 Å². The maximum atomic E-state index is 12.2. The fraction of sp³-hybridized carbons (Fsp3) is 0.882. The van der Waals surface area contributed by atoms with Crippen molar-refractivity contribution in [1.82, 2.24) is 24.0 Å². The second kappa shape index (κ2) is 8.14. The Bertz CT molecular complexity index is 659. The fourth-order valence-corrected chi connectivity index (χ4v) is 5.51. The third-order valence-corrected chi connectivity index (χ3v) is 7.56. The molecule has 0 aromatic carbocycles. The molecule has 0 saturated carbocycles. The van der Waals surface area contributed by atoms with E-state index in [0.717, 1.165) is 44.1 Å². The van der Waals surface area contributed by atoms with Crippen LogP contribution in [-0.2, 0) is 23.6 Å². The molecule has 0 bridgehead atoms. The standard InChI is InChI=1S/C17H31N5O2S/c1-3-13-25(23,24)22-11-7-15(8-12-22)17-19-18-16(20(17)2)14-21-9-5-4-6-10-21/h15H,3-14H2,1-2H3. The molecule has 3 heterocycles. The normalized spacial score (nSPS) is 21.7. The minimum Gasteiger partial charge on any atom is -0.317 e. The molecule has 1 aromatic rings. The summed E-state index contributed by atoms with van der Waals surface area (Å²) in [5.41, 5.74) is 0. The van der Waals surface area contributed by atoms with E-state index >= 15 is 0 Å². The summed E-state index contributed by atoms with van der Waals surface area (Å²) in [6.07, 6.45) is 6.22. The number of rotatable bonds is 6. The van der Waals surface area contributed by atoms with Gasteiger partial charge in [-0.15, -0.1) is 10.2 Å². The molecular weight excluding hydrogens is 338 g/mol. The SMILES string of the molecule is CCCS(=O)(=O)N1CCC(c2nnc(CN3CCCCC3)n2C)CC1. The molecule has 142 valence electrons. The molecule has 7 nitrogen and oxygen atoms in total. The minimum atomic E-state index is -3.08. The average Bonchev–Trinajstić information content (AvgIpc) is 2.97. The van der Waals surface area contributed by atoms with Crippen molar-refractivity contribution >= 4 is 10.0 Å². The monoisotopic (exact) mass is 369 g/mol. The van der Waals surface area contributed by atoms with Crippen LogP contribution >= 0.6 is 0 Å². The van der Waals surface area contributed by atoms with Crippen molar-refractivity contribution in [3.63, 3.8) is 0 Å². The van der Waals surface area contributed by atoms with Crippen molar-refractivity contribution in [2.45, 2.75) is 57.9 Å². The Morgan fingerprint density at radius 2 is 1.72 bits per heavy atom. The largest absolute Gasteiger partial charge is 0.317 e. The second-order valence-corrected chi connectivity index (χ2v) is 9.45. The summed E-state index contributed by atoms with van der Waals surface area (Å²) in [5.74, 6) is 2.60. The molecule has 0 N–H and O–H groups in total. The number of sulfonamides is 1. The Hall–Kier alpha value is -0.990. The highest BCUT2D eigenvalue weighted by Crippen LogP contribution is 2.28. The predicted octanol–water partition coefficient (Wildman–Crippen LogP) is 1.72. The maximum absolute atomic E-state index is 12.2. The minimum absolute atomic E-state index is 0.252. The summed E-state index contributed by atoms with van der Waals surface area (Å²) < 4.78 is 28.2. The molecule has 0 radical (unpaired) electrons. The predicted molar refractivity (Wildman–Crippen MR) is 97.8 cm³/mol. The second-order valence-electron chi connectivity index (χ2n) is 7.36. The van der Waals surface area contributed by atoms with Crippen molar-refractivity contribution < 1.29 is 8.42 Å². The van der Waals surface area contributed by atoms with E-state index in [1.165, 1.54) is 19.3 Å². The third-order valence-electron chi connectivity index (χ3n) is 5.49. The molecule has 0 spiro atoms. The van der Waals surface area contributed by atoms with Crippen molar-refractivity contribution in [3.05, 3.63) is 11.6 Å². The Balaban J connectivity index is 1.60. The number of likely N-dealkylation sites (tertiary alicyclic amines) is 1. The van der Waals surface area contributed by atoms with Gasteiger partial charge in [-0.1, -0.05) is 13.3 Å². The van der Waals surface area contributed by atoms with Gasteiger partial charge >= 0.3 is 0 Å². The van der Waals surface area contributed by atoms with E-state index in [1.54, 1.807) is 4.31 Å². The topological polar surface area (TPSA) is 71.3 Å². The number of piperidine rings is 2. The molecule has 1 aromatic heterocycles. The van der Waals surface area contributed by atoms with Gasteiger partial charge in [0.25, 0.3) is 0 Å². The summed E-state index contributed by atoms with van der Waals surface area (Å²) >= 11 is 0. The van der Waals surface area contributed by atoms with Crippen LogP contribution in [0, 0.1) is 0 Å². The van der Waals surface area contributed by atoms with Crippen LogP contribution < -0.4 is 0 Å². The molecule has 3 rings (SSSR count). The fourth-order valence-electron chi connectivity index (χ4n) is 3.97.